The van der Waals surface area contributed by atoms with Crippen LogP contribution in [0.2, 0.25) is 0 Å². The summed E-state index contributed by atoms with van der Waals surface area (Å²) in [6, 6.07) is 3.95. The molecule has 0 aliphatic rings. The van der Waals surface area contributed by atoms with E-state index in [1.54, 1.807) is 0 Å². The minimum atomic E-state index is -3.78. The summed E-state index contributed by atoms with van der Waals surface area (Å²) in [7, 11) is -3.78. The van der Waals surface area contributed by atoms with Gasteiger partial charge >= 0.3 is 0 Å². The lowest BCUT2D eigenvalue weighted by molar-refractivity contribution is 0.552. The molecule has 0 spiro atoms. The normalized spacial score (nSPS) is 11.8. The summed E-state index contributed by atoms with van der Waals surface area (Å²) in [4.78, 5) is -0.318. The number of nitrogens with one attached hydrogen (secondary N) is 1. The van der Waals surface area contributed by atoms with Gasteiger partial charge in [0.25, 0.3) is 0 Å². The van der Waals surface area contributed by atoms with Crippen LogP contribution in [0.25, 0.3) is 0 Å². The first-order chi connectivity index (χ1) is 10.0. The summed E-state index contributed by atoms with van der Waals surface area (Å²) in [5, 5.41) is 0. The minimum Gasteiger partial charge on any atom is -0.326 e. The van der Waals surface area contributed by atoms with Crippen LogP contribution in [-0.4, -0.2) is 27.0 Å². The van der Waals surface area contributed by atoms with E-state index < -0.39 is 15.8 Å². The number of sulfonamides is 1. The van der Waals surface area contributed by atoms with Gasteiger partial charge in [-0.1, -0.05) is 18.9 Å². The molecule has 0 saturated carbocycles. The van der Waals surface area contributed by atoms with Crippen molar-refractivity contribution in [3.63, 3.8) is 0 Å². The van der Waals surface area contributed by atoms with Crippen LogP contribution >= 0.6 is 11.8 Å². The van der Waals surface area contributed by atoms with Crippen LogP contribution in [0.5, 0.6) is 0 Å². The maximum absolute atomic E-state index is 13.8. The van der Waals surface area contributed by atoms with Crippen molar-refractivity contribution in [3.05, 3.63) is 29.6 Å². The van der Waals surface area contributed by atoms with Crippen LogP contribution in [0.4, 0.5) is 4.39 Å². The van der Waals surface area contributed by atoms with E-state index in [2.05, 4.69) is 11.0 Å². The predicted octanol–water partition coefficient (Wildman–Crippen LogP) is 2.49. The van der Waals surface area contributed by atoms with Crippen molar-refractivity contribution in [2.45, 2.75) is 37.1 Å². The Morgan fingerprint density at radius 2 is 1.95 bits per heavy atom. The van der Waals surface area contributed by atoms with Crippen LogP contribution in [0.1, 0.15) is 31.2 Å². The molecule has 0 aromatic heterocycles. The second-order valence-electron chi connectivity index (χ2n) is 4.77. The molecule has 0 amide bonds. The fourth-order valence-corrected chi connectivity index (χ4v) is 3.52. The van der Waals surface area contributed by atoms with E-state index in [0.717, 1.165) is 37.5 Å². The third-order valence-electron chi connectivity index (χ3n) is 3.09. The molecule has 0 aliphatic heterocycles. The van der Waals surface area contributed by atoms with Crippen LogP contribution < -0.4 is 10.5 Å². The molecule has 0 saturated heterocycles. The molecule has 21 heavy (non-hydrogen) atoms. The Labute approximate surface area is 130 Å². The smallest absolute Gasteiger partial charge is 0.243 e. The summed E-state index contributed by atoms with van der Waals surface area (Å²) >= 11 is 1.81. The number of hydrogen-bond donors (Lipinski definition) is 2. The summed E-state index contributed by atoms with van der Waals surface area (Å²) in [5.41, 5.74) is 5.96. The van der Waals surface area contributed by atoms with Crippen LogP contribution in [0.3, 0.4) is 0 Å². The summed E-state index contributed by atoms with van der Waals surface area (Å²) in [5.74, 6) is 0.371. The van der Waals surface area contributed by atoms with E-state index in [9.17, 15) is 12.8 Å². The first kappa shape index (κ1) is 18.4. The molecule has 120 valence electrons. The van der Waals surface area contributed by atoms with Gasteiger partial charge in [-0.25, -0.2) is 17.5 Å². The molecule has 0 fully saturated rings. The Morgan fingerprint density at radius 1 is 1.24 bits per heavy atom. The first-order valence-corrected chi connectivity index (χ1v) is 9.86. The fourth-order valence-electron chi connectivity index (χ4n) is 1.90. The van der Waals surface area contributed by atoms with Crippen molar-refractivity contribution < 1.29 is 12.8 Å². The SMILES string of the molecule is CSCCCCCCNS(=O)(=O)c1ccc(CN)cc1F. The molecular formula is C14H23FN2O2S2. The van der Waals surface area contributed by atoms with Gasteiger partial charge < -0.3 is 5.73 Å². The van der Waals surface area contributed by atoms with Crippen molar-refractivity contribution in [3.8, 4) is 0 Å². The average molecular weight is 334 g/mol. The molecule has 1 rings (SSSR count). The number of halogens is 1. The lowest BCUT2D eigenvalue weighted by atomic mass is 10.2. The Balaban J connectivity index is 2.46. The Morgan fingerprint density at radius 3 is 2.57 bits per heavy atom. The number of thioether (sulfide) groups is 1. The van der Waals surface area contributed by atoms with E-state index in [1.807, 2.05) is 11.8 Å². The minimum absolute atomic E-state index is 0.181. The third kappa shape index (κ3) is 6.34. The number of rotatable bonds is 10. The molecule has 0 aliphatic carbocycles. The molecule has 1 aromatic carbocycles. The average Bonchev–Trinajstić information content (AvgIpc) is 2.45. The van der Waals surface area contributed by atoms with Gasteiger partial charge in [-0.2, -0.15) is 11.8 Å². The second kappa shape index (κ2) is 9.40. The van der Waals surface area contributed by atoms with Crippen molar-refractivity contribution in [1.29, 1.82) is 0 Å². The molecule has 0 atom stereocenters. The molecular weight excluding hydrogens is 311 g/mol. The van der Waals surface area contributed by atoms with Crippen LogP contribution in [-0.2, 0) is 16.6 Å². The highest BCUT2D eigenvalue weighted by Crippen LogP contribution is 2.16. The summed E-state index contributed by atoms with van der Waals surface area (Å²) in [6.45, 7) is 0.514. The second-order valence-corrected chi connectivity index (χ2v) is 7.49. The van der Waals surface area contributed by atoms with Crippen LogP contribution in [0.15, 0.2) is 23.1 Å². The number of nitrogens with two attached hydrogens (primary N) is 1. The van der Waals surface area contributed by atoms with Gasteiger partial charge in [0, 0.05) is 13.1 Å². The van der Waals surface area contributed by atoms with Gasteiger partial charge in [0.2, 0.25) is 10.0 Å². The molecule has 0 heterocycles. The molecule has 1 aromatic rings. The third-order valence-corrected chi connectivity index (χ3v) is 5.28. The topological polar surface area (TPSA) is 72.2 Å². The molecule has 4 nitrogen and oxygen atoms in total. The highest BCUT2D eigenvalue weighted by molar-refractivity contribution is 7.98. The monoisotopic (exact) mass is 334 g/mol. The van der Waals surface area contributed by atoms with Gasteiger partial charge in [0.1, 0.15) is 10.7 Å². The molecule has 7 heteroatoms. The first-order valence-electron chi connectivity index (χ1n) is 6.98. The Hall–Kier alpha value is -0.630. The molecule has 3 N–H and O–H groups in total. The van der Waals surface area contributed by atoms with E-state index in [1.165, 1.54) is 12.1 Å². The van der Waals surface area contributed by atoms with Crippen molar-refractivity contribution in [1.82, 2.24) is 4.72 Å². The zero-order valence-corrected chi connectivity index (χ0v) is 13.9. The maximum Gasteiger partial charge on any atom is 0.243 e. The predicted molar refractivity (Wildman–Crippen MR) is 86.3 cm³/mol. The van der Waals surface area contributed by atoms with E-state index in [-0.39, 0.29) is 11.4 Å². The van der Waals surface area contributed by atoms with Gasteiger partial charge in [-0.05, 0) is 42.5 Å². The van der Waals surface area contributed by atoms with Gasteiger partial charge in [0.15, 0.2) is 0 Å². The lowest BCUT2D eigenvalue weighted by Gasteiger charge is -2.08. The Kier molecular flexibility index (Phi) is 8.24. The zero-order valence-electron chi connectivity index (χ0n) is 12.3. The van der Waals surface area contributed by atoms with E-state index in [4.69, 9.17) is 5.73 Å². The lowest BCUT2D eigenvalue weighted by Crippen LogP contribution is -2.25. The van der Waals surface area contributed by atoms with Gasteiger partial charge in [-0.15, -0.1) is 0 Å². The summed E-state index contributed by atoms with van der Waals surface area (Å²) < 4.78 is 40.2. The zero-order chi connectivity index (χ0) is 15.7. The van der Waals surface area contributed by atoms with E-state index >= 15 is 0 Å². The fraction of sp³-hybridized carbons (Fsp3) is 0.571. The number of unbranched alkanes of at least 4 members (excludes halogenated alkanes) is 3. The van der Waals surface area contributed by atoms with Crippen molar-refractivity contribution >= 4 is 21.8 Å². The molecule has 0 unspecified atom stereocenters. The van der Waals surface area contributed by atoms with Gasteiger partial charge in [-0.3, -0.25) is 0 Å². The number of benzene rings is 1. The Bertz CT molecular complexity index is 536. The summed E-state index contributed by atoms with van der Waals surface area (Å²) in [6.07, 6.45) is 6.03. The van der Waals surface area contributed by atoms with Crippen molar-refractivity contribution in [2.24, 2.45) is 5.73 Å². The van der Waals surface area contributed by atoms with Crippen LogP contribution in [0, 0.1) is 5.82 Å². The molecule has 0 radical (unpaired) electrons. The van der Waals surface area contributed by atoms with Crippen molar-refractivity contribution in [2.75, 3.05) is 18.6 Å². The largest absolute Gasteiger partial charge is 0.326 e. The van der Waals surface area contributed by atoms with E-state index in [0.29, 0.717) is 12.1 Å². The van der Waals surface area contributed by atoms with Gasteiger partial charge in [0.05, 0.1) is 0 Å². The quantitative estimate of drug-likeness (QED) is 0.645. The highest BCUT2D eigenvalue weighted by Gasteiger charge is 2.18. The number of hydrogen-bond acceptors (Lipinski definition) is 4. The maximum atomic E-state index is 13.8. The highest BCUT2D eigenvalue weighted by atomic mass is 32.2. The molecule has 0 bridgehead atoms. The standard InChI is InChI=1S/C14H23FN2O2S2/c1-20-9-5-3-2-4-8-17-21(18,19)14-7-6-12(11-16)10-13(14)15/h6-7,10,17H,2-5,8-9,11,16H2,1H3.